The first-order valence-electron chi connectivity index (χ1n) is 9.60. The maximum Gasteiger partial charge on any atom is 0.334 e. The van der Waals surface area contributed by atoms with Crippen LogP contribution in [0.4, 0.5) is 0 Å². The highest BCUT2D eigenvalue weighted by Gasteiger charge is 2.68. The fraction of sp³-hybridized carbons (Fsp3) is 0.667. The molecule has 0 spiro atoms. The maximum absolute atomic E-state index is 13.2. The summed E-state index contributed by atoms with van der Waals surface area (Å²) in [6, 6.07) is 0. The molecule has 2 aliphatic heterocycles. The molecular formula is C21H28O6. The zero-order chi connectivity index (χ0) is 19.8. The molecule has 0 unspecified atom stereocenters. The lowest BCUT2D eigenvalue weighted by Gasteiger charge is -2.47. The van der Waals surface area contributed by atoms with Gasteiger partial charge in [-0.05, 0) is 56.6 Å². The van der Waals surface area contributed by atoms with E-state index in [2.05, 4.69) is 13.5 Å². The topological polar surface area (TPSA) is 78.9 Å². The molecule has 3 rings (SSSR count). The lowest BCUT2D eigenvalue weighted by molar-refractivity contribution is -0.152. The Bertz CT molecular complexity index is 707. The quantitative estimate of drug-likeness (QED) is 0.386. The van der Waals surface area contributed by atoms with Crippen molar-refractivity contribution in [3.8, 4) is 0 Å². The van der Waals surface area contributed by atoms with Gasteiger partial charge in [-0.1, -0.05) is 13.5 Å². The van der Waals surface area contributed by atoms with E-state index in [0.717, 1.165) is 12.0 Å². The van der Waals surface area contributed by atoms with Gasteiger partial charge in [0.25, 0.3) is 0 Å². The molecule has 1 saturated carbocycles. The van der Waals surface area contributed by atoms with Crippen LogP contribution in [0.25, 0.3) is 0 Å². The van der Waals surface area contributed by atoms with Crippen LogP contribution in [-0.4, -0.2) is 37.2 Å². The number of hydrogen-bond donors (Lipinski definition) is 0. The lowest BCUT2D eigenvalue weighted by Crippen LogP contribution is -2.50. The first-order valence-corrected chi connectivity index (χ1v) is 9.60. The van der Waals surface area contributed by atoms with Crippen LogP contribution >= 0.6 is 0 Å². The number of carbonyl (C=O) groups is 3. The molecule has 1 aliphatic carbocycles. The maximum atomic E-state index is 13.2. The summed E-state index contributed by atoms with van der Waals surface area (Å²) in [7, 11) is 1.37. The Morgan fingerprint density at radius 3 is 2.74 bits per heavy atom. The molecule has 0 amide bonds. The standard InChI is InChI=1S/C21H28O6/c1-13(2)21-11-7-14(3)20(19(24)27-21,16(21)5-6-17(22)25-4)10-8-15-9-12-26-18(15)23/h9,14,16H,1,5-8,10-12H2,2-4H3/t14-,16-,20-,21-/m1/s1. The molecule has 2 fully saturated rings. The summed E-state index contributed by atoms with van der Waals surface area (Å²) in [4.78, 5) is 36.8. The molecule has 27 heavy (non-hydrogen) atoms. The van der Waals surface area contributed by atoms with Crippen molar-refractivity contribution < 1.29 is 28.6 Å². The minimum absolute atomic E-state index is 0.0978. The van der Waals surface area contributed by atoms with Crippen molar-refractivity contribution in [2.24, 2.45) is 17.3 Å². The van der Waals surface area contributed by atoms with Crippen molar-refractivity contribution >= 4 is 17.9 Å². The van der Waals surface area contributed by atoms with E-state index < -0.39 is 11.0 Å². The van der Waals surface area contributed by atoms with Crippen LogP contribution in [0.15, 0.2) is 23.8 Å². The van der Waals surface area contributed by atoms with Crippen LogP contribution < -0.4 is 0 Å². The van der Waals surface area contributed by atoms with Gasteiger partial charge in [-0.2, -0.15) is 0 Å². The molecule has 0 N–H and O–H groups in total. The highest BCUT2D eigenvalue weighted by molar-refractivity contribution is 5.90. The number of cyclic esters (lactones) is 1. The van der Waals surface area contributed by atoms with E-state index in [1.807, 2.05) is 6.92 Å². The smallest absolute Gasteiger partial charge is 0.334 e. The number of carbonyl (C=O) groups excluding carboxylic acids is 3. The predicted octanol–water partition coefficient (Wildman–Crippen LogP) is 3.11. The molecule has 0 radical (unpaired) electrons. The minimum atomic E-state index is -0.734. The summed E-state index contributed by atoms with van der Waals surface area (Å²) < 4.78 is 15.8. The van der Waals surface area contributed by atoms with Gasteiger partial charge in [0, 0.05) is 17.9 Å². The number of hydrogen-bond acceptors (Lipinski definition) is 6. The average Bonchev–Trinajstić information content (AvgIpc) is 3.12. The van der Waals surface area contributed by atoms with Crippen LogP contribution in [0.3, 0.4) is 0 Å². The summed E-state index contributed by atoms with van der Waals surface area (Å²) >= 11 is 0. The summed E-state index contributed by atoms with van der Waals surface area (Å²) in [5, 5.41) is 0. The predicted molar refractivity (Wildman–Crippen MR) is 97.5 cm³/mol. The molecule has 0 aromatic heterocycles. The van der Waals surface area contributed by atoms with E-state index in [4.69, 9.17) is 14.2 Å². The van der Waals surface area contributed by atoms with Crippen molar-refractivity contribution in [1.29, 1.82) is 0 Å². The van der Waals surface area contributed by atoms with E-state index >= 15 is 0 Å². The molecule has 6 nitrogen and oxygen atoms in total. The zero-order valence-corrected chi connectivity index (χ0v) is 16.3. The van der Waals surface area contributed by atoms with Crippen molar-refractivity contribution in [2.45, 2.75) is 58.0 Å². The molecule has 2 heterocycles. The molecule has 2 bridgehead atoms. The zero-order valence-electron chi connectivity index (χ0n) is 16.3. The van der Waals surface area contributed by atoms with Gasteiger partial charge in [0.2, 0.25) is 0 Å². The number of ether oxygens (including phenoxy) is 3. The average molecular weight is 376 g/mol. The van der Waals surface area contributed by atoms with Gasteiger partial charge in [0.05, 0.1) is 12.5 Å². The van der Waals surface area contributed by atoms with Gasteiger partial charge in [-0.15, -0.1) is 0 Å². The first kappa shape index (κ1) is 19.6. The fourth-order valence-electron chi connectivity index (χ4n) is 5.26. The van der Waals surface area contributed by atoms with Gasteiger partial charge < -0.3 is 14.2 Å². The Morgan fingerprint density at radius 2 is 2.15 bits per heavy atom. The van der Waals surface area contributed by atoms with Crippen molar-refractivity contribution in [1.82, 2.24) is 0 Å². The normalized spacial score (nSPS) is 34.7. The van der Waals surface area contributed by atoms with Gasteiger partial charge >= 0.3 is 17.9 Å². The number of methoxy groups -OCH3 is 1. The molecule has 1 saturated heterocycles. The van der Waals surface area contributed by atoms with Crippen molar-refractivity contribution in [2.75, 3.05) is 13.7 Å². The molecule has 148 valence electrons. The minimum Gasteiger partial charge on any atom is -0.469 e. The lowest BCUT2D eigenvalue weighted by atomic mass is 9.53. The Balaban J connectivity index is 1.94. The second-order valence-corrected chi connectivity index (χ2v) is 8.03. The molecular weight excluding hydrogens is 348 g/mol. The molecule has 6 heteroatoms. The van der Waals surface area contributed by atoms with Crippen LogP contribution in [0.5, 0.6) is 0 Å². The van der Waals surface area contributed by atoms with Crippen LogP contribution in [-0.2, 0) is 28.6 Å². The monoisotopic (exact) mass is 376 g/mol. The second-order valence-electron chi connectivity index (χ2n) is 8.03. The Labute approximate surface area is 159 Å². The van der Waals surface area contributed by atoms with E-state index in [-0.39, 0.29) is 36.2 Å². The van der Waals surface area contributed by atoms with Crippen LogP contribution in [0.1, 0.15) is 52.4 Å². The summed E-state index contributed by atoms with van der Waals surface area (Å²) in [5.41, 5.74) is -0.0228. The van der Waals surface area contributed by atoms with Gasteiger partial charge in [0.1, 0.15) is 12.2 Å². The molecule has 4 atom stereocenters. The fourth-order valence-corrected chi connectivity index (χ4v) is 5.26. The third-order valence-corrected chi connectivity index (χ3v) is 6.87. The van der Waals surface area contributed by atoms with Gasteiger partial charge in [-0.25, -0.2) is 4.79 Å². The number of rotatable bonds is 7. The van der Waals surface area contributed by atoms with E-state index in [0.29, 0.717) is 37.9 Å². The van der Waals surface area contributed by atoms with Gasteiger partial charge in [0.15, 0.2) is 0 Å². The van der Waals surface area contributed by atoms with Crippen molar-refractivity contribution in [3.05, 3.63) is 23.8 Å². The largest absolute Gasteiger partial charge is 0.469 e. The Morgan fingerprint density at radius 1 is 1.41 bits per heavy atom. The highest BCUT2D eigenvalue weighted by atomic mass is 16.6. The Kier molecular flexibility index (Phi) is 5.19. The first-order chi connectivity index (χ1) is 12.8. The SMILES string of the molecule is C=C(C)[C@@]12CC[C@@H](C)[C@@](CCC3=CCOC3=O)(C(=O)O1)[C@H]2CCC(=O)OC. The highest BCUT2D eigenvalue weighted by Crippen LogP contribution is 2.63. The third-order valence-electron chi connectivity index (χ3n) is 6.87. The second kappa shape index (κ2) is 7.13. The number of fused-ring (bicyclic) bond motifs is 2. The summed E-state index contributed by atoms with van der Waals surface area (Å²) in [6.07, 6.45) is 5.05. The van der Waals surface area contributed by atoms with E-state index in [1.54, 1.807) is 6.08 Å². The summed E-state index contributed by atoms with van der Waals surface area (Å²) in [5.74, 6) is -0.887. The van der Waals surface area contributed by atoms with Crippen LogP contribution in [0, 0.1) is 17.3 Å². The van der Waals surface area contributed by atoms with Gasteiger partial charge in [-0.3, -0.25) is 9.59 Å². The Hall–Kier alpha value is -2.11. The summed E-state index contributed by atoms with van der Waals surface area (Å²) in [6.45, 7) is 8.36. The van der Waals surface area contributed by atoms with E-state index in [1.165, 1.54) is 7.11 Å². The molecule has 3 aliphatic rings. The third kappa shape index (κ3) is 2.99. The van der Waals surface area contributed by atoms with E-state index in [9.17, 15) is 14.4 Å². The molecule has 0 aromatic carbocycles. The number of esters is 3. The molecule has 0 aromatic rings. The van der Waals surface area contributed by atoms with Crippen LogP contribution in [0.2, 0.25) is 0 Å². The van der Waals surface area contributed by atoms with Crippen molar-refractivity contribution in [3.63, 3.8) is 0 Å².